The largest absolute Gasteiger partial charge is 0.455 e. The van der Waals surface area contributed by atoms with E-state index in [-0.39, 0.29) is 22.5 Å². The molecule has 3 heteroatoms. The maximum atomic E-state index is 8.00. The van der Waals surface area contributed by atoms with Gasteiger partial charge in [-0.25, -0.2) is 0 Å². The topological polar surface area (TPSA) is 38.9 Å². The molecule has 0 amide bonds. The molecule has 0 aliphatic heterocycles. The van der Waals surface area contributed by atoms with Crippen molar-refractivity contribution in [3.05, 3.63) is 83.7 Å². The summed E-state index contributed by atoms with van der Waals surface area (Å²) in [6, 6.07) is 17.4. The van der Waals surface area contributed by atoms with Gasteiger partial charge in [0.25, 0.3) is 0 Å². The van der Waals surface area contributed by atoms with Gasteiger partial charge in [0.15, 0.2) is 0 Å². The lowest BCUT2D eigenvalue weighted by molar-refractivity contribution is 0.670. The Morgan fingerprint density at radius 3 is 2.50 bits per heavy atom. The zero-order valence-corrected chi connectivity index (χ0v) is 15.7. The Kier molecular flexibility index (Phi) is 2.12. The Morgan fingerprint density at radius 1 is 0.767 bits per heavy atom. The van der Waals surface area contributed by atoms with Crippen molar-refractivity contribution in [1.29, 1.82) is 0 Å². The minimum atomic E-state index is -2.66. The number of hydrogen-bond donors (Lipinski definition) is 0. The van der Waals surface area contributed by atoms with Crippen LogP contribution in [0.5, 0.6) is 0 Å². The molecule has 0 atom stereocenters. The summed E-state index contributed by atoms with van der Waals surface area (Å²) in [5, 5.41) is 3.41. The zero-order chi connectivity index (χ0) is 27.9. The number of hydrogen-bond acceptors (Lipinski definition) is 3. The third kappa shape index (κ3) is 2.38. The summed E-state index contributed by atoms with van der Waals surface area (Å²) in [6.45, 7) is -7.69. The van der Waals surface area contributed by atoms with E-state index in [0.29, 0.717) is 38.4 Å². The van der Waals surface area contributed by atoms with Crippen molar-refractivity contribution in [3.63, 3.8) is 0 Å². The van der Waals surface area contributed by atoms with E-state index in [2.05, 4.69) is 9.97 Å². The normalized spacial score (nSPS) is 17.5. The lowest BCUT2D eigenvalue weighted by atomic mass is 10.0. The molecular formula is C27H20N2O. The van der Waals surface area contributed by atoms with Gasteiger partial charge in [0.2, 0.25) is 0 Å². The maximum absolute atomic E-state index is 8.00. The van der Waals surface area contributed by atoms with Gasteiger partial charge in [0.05, 0.1) is 11.2 Å². The molecule has 3 aromatic heterocycles. The summed E-state index contributed by atoms with van der Waals surface area (Å²) in [5.74, 6) is 0. The van der Waals surface area contributed by atoms with E-state index >= 15 is 0 Å². The number of fused-ring (bicyclic) bond motifs is 6. The third-order valence-corrected chi connectivity index (χ3v) is 5.50. The summed E-state index contributed by atoms with van der Waals surface area (Å²) in [5.41, 5.74) is 1.64. The van der Waals surface area contributed by atoms with E-state index in [1.165, 1.54) is 6.07 Å². The molecule has 144 valence electrons. The Hall–Kier alpha value is -3.72. The van der Waals surface area contributed by atoms with Crippen LogP contribution in [-0.2, 0) is 0 Å². The average Bonchev–Trinajstić information content (AvgIpc) is 3.22. The monoisotopic (exact) mass is 397 g/mol. The Labute approximate surface area is 186 Å². The van der Waals surface area contributed by atoms with Crippen LogP contribution in [0.2, 0.25) is 0 Å². The fraction of sp³-hybridized carbons (Fsp3) is 0.111. The van der Waals surface area contributed by atoms with Crippen molar-refractivity contribution >= 4 is 43.6 Å². The van der Waals surface area contributed by atoms with Crippen molar-refractivity contribution in [2.24, 2.45) is 0 Å². The second-order valence-corrected chi connectivity index (χ2v) is 7.27. The van der Waals surface area contributed by atoms with Crippen LogP contribution in [0.1, 0.15) is 29.2 Å². The number of nitrogens with zero attached hydrogens (tertiary/aromatic N) is 2. The highest BCUT2D eigenvalue weighted by molar-refractivity contribution is 6.16. The zero-order valence-electron chi connectivity index (χ0n) is 24.7. The number of aryl methyl sites for hydroxylation is 3. The van der Waals surface area contributed by atoms with Crippen molar-refractivity contribution in [1.82, 2.24) is 9.97 Å². The van der Waals surface area contributed by atoms with Crippen LogP contribution in [0.3, 0.4) is 0 Å². The summed E-state index contributed by atoms with van der Waals surface area (Å²) in [4.78, 5) is 8.83. The van der Waals surface area contributed by atoms with Gasteiger partial charge in [-0.15, -0.1) is 0 Å². The molecule has 0 unspecified atom stereocenters. The first kappa shape index (κ1) is 10.4. The van der Waals surface area contributed by atoms with E-state index in [9.17, 15) is 0 Å². The first-order valence-corrected chi connectivity index (χ1v) is 9.43. The van der Waals surface area contributed by atoms with Crippen molar-refractivity contribution in [2.45, 2.75) is 20.6 Å². The first-order valence-electron chi connectivity index (χ1n) is 13.9. The standard InChI is InChI=1S/C27H20N2O/c1-15-11-24(28-14-16(15)2)21-10-6-9-20-23-12-25-22(13-26(23)30-27(20)21)19-8-5-4-7-18(19)17(3)29-25/h4-14H,1-3H3/i1D3,2D3,3D3. The van der Waals surface area contributed by atoms with Crippen molar-refractivity contribution in [3.8, 4) is 11.3 Å². The Morgan fingerprint density at radius 2 is 1.63 bits per heavy atom. The lowest BCUT2D eigenvalue weighted by Gasteiger charge is -2.06. The average molecular weight is 398 g/mol. The highest BCUT2D eigenvalue weighted by Gasteiger charge is 2.15. The van der Waals surface area contributed by atoms with Gasteiger partial charge in [0.1, 0.15) is 11.2 Å². The van der Waals surface area contributed by atoms with Gasteiger partial charge in [0, 0.05) is 51.3 Å². The Bertz CT molecular complexity index is 1930. The molecule has 3 heterocycles. The molecule has 0 fully saturated rings. The molecule has 3 aromatic carbocycles. The Balaban J connectivity index is 1.64. The van der Waals surface area contributed by atoms with Crippen molar-refractivity contribution in [2.75, 3.05) is 0 Å². The van der Waals surface area contributed by atoms with Crippen LogP contribution >= 0.6 is 0 Å². The highest BCUT2D eigenvalue weighted by Crippen LogP contribution is 2.38. The van der Waals surface area contributed by atoms with Gasteiger partial charge in [-0.2, -0.15) is 0 Å². The minimum Gasteiger partial charge on any atom is -0.455 e. The number of furan rings is 1. The molecule has 0 saturated heterocycles. The first-order chi connectivity index (χ1) is 18.2. The molecule has 0 N–H and O–H groups in total. The molecule has 6 aromatic rings. The minimum absolute atomic E-state index is 0.0224. The van der Waals surface area contributed by atoms with Crippen LogP contribution < -0.4 is 0 Å². The molecule has 0 saturated carbocycles. The molecule has 0 bridgehead atoms. The predicted octanol–water partition coefficient (Wildman–Crippen LogP) is 7.27. The number of benzene rings is 3. The summed E-state index contributed by atoms with van der Waals surface area (Å²) >= 11 is 0. The van der Waals surface area contributed by atoms with E-state index in [1.54, 1.807) is 30.3 Å². The van der Waals surface area contributed by atoms with E-state index in [4.69, 9.17) is 16.8 Å². The van der Waals surface area contributed by atoms with Gasteiger partial charge in [-0.05, 0) is 61.3 Å². The quantitative estimate of drug-likeness (QED) is 0.274. The van der Waals surface area contributed by atoms with Gasteiger partial charge >= 0.3 is 0 Å². The SMILES string of the molecule is [2H]C([2H])([2H])c1cnc(-c2cccc3c2oc2cc4c(cc23)nc(C([2H])([2H])[2H])c2ccccc24)cc1C([2H])([2H])[2H]. The van der Waals surface area contributed by atoms with E-state index < -0.39 is 20.6 Å². The molecule has 0 spiro atoms. The molecule has 3 nitrogen and oxygen atoms in total. The second kappa shape index (κ2) is 6.14. The predicted molar refractivity (Wildman–Crippen MR) is 124 cm³/mol. The maximum Gasteiger partial charge on any atom is 0.144 e. The highest BCUT2D eigenvalue weighted by atomic mass is 16.3. The number of aromatic nitrogens is 2. The third-order valence-electron chi connectivity index (χ3n) is 5.50. The smallest absolute Gasteiger partial charge is 0.144 e. The fourth-order valence-corrected chi connectivity index (χ4v) is 4.05. The molecule has 0 aliphatic rings. The van der Waals surface area contributed by atoms with E-state index in [0.717, 1.165) is 17.0 Å². The number of pyridine rings is 2. The molecular weight excluding hydrogens is 368 g/mol. The van der Waals surface area contributed by atoms with Gasteiger partial charge < -0.3 is 4.42 Å². The summed E-state index contributed by atoms with van der Waals surface area (Å²) < 4.78 is 77.2. The molecule has 0 aliphatic carbocycles. The fourth-order valence-electron chi connectivity index (χ4n) is 4.05. The van der Waals surface area contributed by atoms with E-state index in [1.807, 2.05) is 24.3 Å². The van der Waals surface area contributed by atoms with Crippen LogP contribution in [0.25, 0.3) is 54.9 Å². The summed E-state index contributed by atoms with van der Waals surface area (Å²) in [7, 11) is 0. The molecule has 6 rings (SSSR count). The van der Waals surface area contributed by atoms with Crippen LogP contribution in [0.15, 0.2) is 71.3 Å². The van der Waals surface area contributed by atoms with Crippen LogP contribution in [0, 0.1) is 20.6 Å². The number of para-hydroxylation sites is 1. The van der Waals surface area contributed by atoms with Gasteiger partial charge in [-0.3, -0.25) is 9.97 Å². The van der Waals surface area contributed by atoms with Gasteiger partial charge in [-0.1, -0.05) is 36.4 Å². The lowest BCUT2D eigenvalue weighted by Crippen LogP contribution is -1.88. The number of rotatable bonds is 1. The molecule has 0 radical (unpaired) electrons. The summed E-state index contributed by atoms with van der Waals surface area (Å²) in [6.07, 6.45) is 1.09. The molecule has 30 heavy (non-hydrogen) atoms. The van der Waals surface area contributed by atoms with Crippen LogP contribution in [-0.4, -0.2) is 9.97 Å². The van der Waals surface area contributed by atoms with Crippen LogP contribution in [0.4, 0.5) is 0 Å². The van der Waals surface area contributed by atoms with Crippen molar-refractivity contribution < 1.29 is 16.8 Å². The second-order valence-electron chi connectivity index (χ2n) is 7.27.